The number of nitrogens with zero attached hydrogens (tertiary/aromatic N) is 1. The molecule has 1 aromatic rings. The summed E-state index contributed by atoms with van der Waals surface area (Å²) in [6, 6.07) is 2.01. The van der Waals surface area contributed by atoms with Gasteiger partial charge in [0.25, 0.3) is 11.6 Å². The van der Waals surface area contributed by atoms with Gasteiger partial charge in [-0.15, -0.1) is 0 Å². The molecule has 0 aliphatic heterocycles. The summed E-state index contributed by atoms with van der Waals surface area (Å²) in [5, 5.41) is 12.7. The van der Waals surface area contributed by atoms with Crippen LogP contribution in [0.1, 0.15) is 23.7 Å². The van der Waals surface area contributed by atoms with Crippen LogP contribution in [0.2, 0.25) is 0 Å². The van der Waals surface area contributed by atoms with Crippen LogP contribution in [0.3, 0.4) is 0 Å². The van der Waals surface area contributed by atoms with Crippen LogP contribution < -0.4 is 11.1 Å². The van der Waals surface area contributed by atoms with Gasteiger partial charge in [-0.2, -0.15) is 13.2 Å². The van der Waals surface area contributed by atoms with E-state index in [-0.39, 0.29) is 16.9 Å². The molecule has 110 valence electrons. The van der Waals surface area contributed by atoms with Crippen LogP contribution >= 0.6 is 0 Å². The molecule has 20 heavy (non-hydrogen) atoms. The fraction of sp³-hybridized carbons (Fsp3) is 0.364. The molecule has 0 heterocycles. The van der Waals surface area contributed by atoms with E-state index >= 15 is 0 Å². The molecule has 1 unspecified atom stereocenters. The van der Waals surface area contributed by atoms with Gasteiger partial charge >= 0.3 is 6.18 Å². The number of nitrogen functional groups attached to an aromatic ring is 1. The molecule has 0 aromatic heterocycles. The largest absolute Gasteiger partial charge is 0.398 e. The van der Waals surface area contributed by atoms with Gasteiger partial charge in [-0.05, 0) is 13.0 Å². The first-order valence-electron chi connectivity index (χ1n) is 5.51. The maximum atomic E-state index is 12.1. The Labute approximate surface area is 111 Å². The summed E-state index contributed by atoms with van der Waals surface area (Å²) < 4.78 is 36.4. The number of alkyl halides is 3. The van der Waals surface area contributed by atoms with Crippen LogP contribution in [0.5, 0.6) is 0 Å². The van der Waals surface area contributed by atoms with E-state index in [0.29, 0.717) is 0 Å². The summed E-state index contributed by atoms with van der Waals surface area (Å²) in [6.45, 7) is 1.18. The Morgan fingerprint density at radius 2 is 2.10 bits per heavy atom. The predicted octanol–water partition coefficient (Wildman–Crippen LogP) is 2.25. The Hall–Kier alpha value is -2.32. The van der Waals surface area contributed by atoms with Crippen molar-refractivity contribution in [2.75, 3.05) is 5.73 Å². The normalized spacial score (nSPS) is 12.8. The van der Waals surface area contributed by atoms with E-state index in [1.165, 1.54) is 6.92 Å². The highest BCUT2D eigenvalue weighted by atomic mass is 19.4. The van der Waals surface area contributed by atoms with Crippen molar-refractivity contribution >= 4 is 17.3 Å². The van der Waals surface area contributed by atoms with E-state index in [9.17, 15) is 28.1 Å². The number of hydrogen-bond donors (Lipinski definition) is 2. The van der Waals surface area contributed by atoms with E-state index in [4.69, 9.17) is 5.73 Å². The first kappa shape index (κ1) is 15.7. The Balaban J connectivity index is 2.87. The minimum atomic E-state index is -4.42. The summed E-state index contributed by atoms with van der Waals surface area (Å²) >= 11 is 0. The van der Waals surface area contributed by atoms with Crippen LogP contribution in [0.15, 0.2) is 18.2 Å². The third kappa shape index (κ3) is 4.41. The monoisotopic (exact) mass is 291 g/mol. The molecule has 0 fully saturated rings. The molecule has 0 aliphatic carbocycles. The zero-order valence-electron chi connectivity index (χ0n) is 10.4. The summed E-state index contributed by atoms with van der Waals surface area (Å²) in [5.74, 6) is -0.886. The number of non-ortho nitro benzene ring substituents is 1. The molecule has 0 spiro atoms. The third-order valence-electron chi connectivity index (χ3n) is 2.41. The van der Waals surface area contributed by atoms with E-state index in [0.717, 1.165) is 18.2 Å². The van der Waals surface area contributed by atoms with Crippen molar-refractivity contribution in [3.8, 4) is 0 Å². The minimum Gasteiger partial charge on any atom is -0.398 e. The van der Waals surface area contributed by atoms with Crippen LogP contribution in [0.25, 0.3) is 0 Å². The first-order valence-corrected chi connectivity index (χ1v) is 5.51. The molecular formula is C11H12F3N3O3. The molecule has 1 atom stereocenters. The molecule has 6 nitrogen and oxygen atoms in total. The fourth-order valence-electron chi connectivity index (χ4n) is 1.55. The van der Waals surface area contributed by atoms with E-state index in [2.05, 4.69) is 5.32 Å². The number of carbonyl (C=O) groups excluding carboxylic acids is 1. The Kier molecular flexibility index (Phi) is 4.53. The van der Waals surface area contributed by atoms with Gasteiger partial charge in [0.05, 0.1) is 16.9 Å². The molecule has 1 aromatic carbocycles. The molecule has 0 bridgehead atoms. The van der Waals surface area contributed by atoms with Crippen molar-refractivity contribution in [2.24, 2.45) is 0 Å². The smallest absolute Gasteiger partial charge is 0.391 e. The zero-order valence-corrected chi connectivity index (χ0v) is 10.4. The fourth-order valence-corrected chi connectivity index (χ4v) is 1.55. The molecule has 1 rings (SSSR count). The highest BCUT2D eigenvalue weighted by Crippen LogP contribution is 2.23. The summed E-state index contributed by atoms with van der Waals surface area (Å²) in [5.41, 5.74) is 4.84. The number of nitrogens with two attached hydrogens (primary N) is 1. The molecule has 3 N–H and O–H groups in total. The predicted molar refractivity (Wildman–Crippen MR) is 65.1 cm³/mol. The maximum absolute atomic E-state index is 12.1. The number of nitrogens with one attached hydrogen (secondary N) is 1. The van der Waals surface area contributed by atoms with E-state index in [1.54, 1.807) is 0 Å². The lowest BCUT2D eigenvalue weighted by Crippen LogP contribution is -2.36. The second-order valence-electron chi connectivity index (χ2n) is 4.22. The Morgan fingerprint density at radius 3 is 2.60 bits per heavy atom. The molecule has 0 saturated carbocycles. The highest BCUT2D eigenvalue weighted by Gasteiger charge is 2.31. The van der Waals surface area contributed by atoms with Crippen molar-refractivity contribution < 1.29 is 22.9 Å². The molecule has 9 heteroatoms. The lowest BCUT2D eigenvalue weighted by Gasteiger charge is -2.16. The van der Waals surface area contributed by atoms with Crippen molar-refractivity contribution in [3.05, 3.63) is 33.9 Å². The number of benzene rings is 1. The van der Waals surface area contributed by atoms with Gasteiger partial charge in [-0.1, -0.05) is 0 Å². The summed E-state index contributed by atoms with van der Waals surface area (Å²) in [6.07, 6.45) is -5.62. The van der Waals surface area contributed by atoms with Gasteiger partial charge in [-0.25, -0.2) is 0 Å². The highest BCUT2D eigenvalue weighted by molar-refractivity contribution is 5.99. The van der Waals surface area contributed by atoms with Crippen LogP contribution in [-0.2, 0) is 0 Å². The maximum Gasteiger partial charge on any atom is 0.391 e. The van der Waals surface area contributed by atoms with Gasteiger partial charge in [0, 0.05) is 23.9 Å². The topological polar surface area (TPSA) is 98.3 Å². The Bertz CT molecular complexity index is 531. The number of nitro groups is 1. The van der Waals surface area contributed by atoms with Crippen LogP contribution in [0.4, 0.5) is 24.5 Å². The van der Waals surface area contributed by atoms with Crippen LogP contribution in [-0.4, -0.2) is 23.0 Å². The average molecular weight is 291 g/mol. The summed E-state index contributed by atoms with van der Waals surface area (Å²) in [7, 11) is 0. The van der Waals surface area contributed by atoms with Crippen molar-refractivity contribution in [1.82, 2.24) is 5.32 Å². The summed E-state index contributed by atoms with van der Waals surface area (Å²) in [4.78, 5) is 21.6. The number of carbonyl (C=O) groups is 1. The standard InChI is InChI=1S/C11H12F3N3O3/c1-6(5-11(12,13)14)16-10(18)8-4-7(17(19)20)2-3-9(8)15/h2-4,6H,5,15H2,1H3,(H,16,18). The zero-order chi connectivity index (χ0) is 15.5. The lowest BCUT2D eigenvalue weighted by atomic mass is 10.1. The Morgan fingerprint density at radius 1 is 1.50 bits per heavy atom. The number of rotatable bonds is 4. The van der Waals surface area contributed by atoms with Gasteiger partial charge in [-0.3, -0.25) is 14.9 Å². The first-order chi connectivity index (χ1) is 9.10. The van der Waals surface area contributed by atoms with Crippen molar-refractivity contribution in [2.45, 2.75) is 25.6 Å². The molecular weight excluding hydrogens is 279 g/mol. The van der Waals surface area contributed by atoms with E-state index in [1.807, 2.05) is 0 Å². The average Bonchev–Trinajstić information content (AvgIpc) is 2.26. The molecule has 0 saturated heterocycles. The third-order valence-corrected chi connectivity index (χ3v) is 2.41. The molecule has 0 aliphatic rings. The minimum absolute atomic E-state index is 0.0488. The second kappa shape index (κ2) is 5.76. The van der Waals surface area contributed by atoms with E-state index < -0.39 is 29.5 Å². The van der Waals surface area contributed by atoms with Crippen molar-refractivity contribution in [1.29, 1.82) is 0 Å². The number of halogens is 3. The number of nitro benzene ring substituents is 1. The van der Waals surface area contributed by atoms with Gasteiger partial charge in [0.15, 0.2) is 0 Å². The number of hydrogen-bond acceptors (Lipinski definition) is 4. The quantitative estimate of drug-likeness (QED) is 0.505. The lowest BCUT2D eigenvalue weighted by molar-refractivity contribution is -0.384. The van der Waals surface area contributed by atoms with Crippen molar-refractivity contribution in [3.63, 3.8) is 0 Å². The van der Waals surface area contributed by atoms with Crippen LogP contribution in [0, 0.1) is 10.1 Å². The number of anilines is 1. The molecule has 0 radical (unpaired) electrons. The van der Waals surface area contributed by atoms with Gasteiger partial charge in [0.2, 0.25) is 0 Å². The second-order valence-corrected chi connectivity index (χ2v) is 4.22. The number of amides is 1. The molecule has 1 amide bonds. The van der Waals surface area contributed by atoms with Gasteiger partial charge in [0.1, 0.15) is 0 Å². The van der Waals surface area contributed by atoms with Gasteiger partial charge < -0.3 is 11.1 Å². The SMILES string of the molecule is CC(CC(F)(F)F)NC(=O)c1cc([N+](=O)[O-])ccc1N.